The zero-order valence-corrected chi connectivity index (χ0v) is 10.7. The number of hydrogen-bond donors (Lipinski definition) is 2. The van der Waals surface area contributed by atoms with Gasteiger partial charge in [0, 0.05) is 23.4 Å². The first-order chi connectivity index (χ1) is 8.58. The maximum absolute atomic E-state index is 13.5. The maximum Gasteiger partial charge on any atom is 0.251 e. The molecule has 0 unspecified atom stereocenters. The van der Waals surface area contributed by atoms with Crippen molar-refractivity contribution < 1.29 is 9.18 Å². The van der Waals surface area contributed by atoms with E-state index in [1.165, 1.54) is 12.1 Å². The van der Waals surface area contributed by atoms with Crippen LogP contribution in [0.15, 0.2) is 29.0 Å². The minimum Gasteiger partial charge on any atom is -0.398 e. The smallest absolute Gasteiger partial charge is 0.251 e. The Morgan fingerprint density at radius 2 is 2.28 bits per heavy atom. The van der Waals surface area contributed by atoms with Crippen LogP contribution in [0.4, 0.5) is 10.1 Å². The normalized spacial score (nSPS) is 10.3. The summed E-state index contributed by atoms with van der Waals surface area (Å²) < 4.78 is 13.5. The van der Waals surface area contributed by atoms with Gasteiger partial charge in [0.05, 0.1) is 0 Å². The van der Waals surface area contributed by atoms with Gasteiger partial charge in [0.15, 0.2) is 0 Å². The standard InChI is InChI=1S/C13H13FN2OS/c1-8-11(14)4-10(5-12(8)15)13(17)16-6-9-2-3-18-7-9/h2-5,7H,6,15H2,1H3,(H,16,17). The molecule has 94 valence electrons. The molecule has 1 aromatic carbocycles. The minimum absolute atomic E-state index is 0.242. The largest absolute Gasteiger partial charge is 0.398 e. The van der Waals surface area contributed by atoms with Gasteiger partial charge in [-0.2, -0.15) is 11.3 Å². The lowest BCUT2D eigenvalue weighted by Crippen LogP contribution is -2.23. The molecule has 0 bridgehead atoms. The highest BCUT2D eigenvalue weighted by Crippen LogP contribution is 2.17. The first-order valence-electron chi connectivity index (χ1n) is 5.43. The first kappa shape index (κ1) is 12.6. The van der Waals surface area contributed by atoms with Gasteiger partial charge in [-0.3, -0.25) is 4.79 Å². The third-order valence-corrected chi connectivity index (χ3v) is 3.41. The topological polar surface area (TPSA) is 55.1 Å². The second kappa shape index (κ2) is 5.18. The van der Waals surface area contributed by atoms with Crippen LogP contribution in [0.3, 0.4) is 0 Å². The molecule has 0 aliphatic rings. The van der Waals surface area contributed by atoms with E-state index in [0.717, 1.165) is 5.56 Å². The molecule has 0 fully saturated rings. The Morgan fingerprint density at radius 1 is 1.50 bits per heavy atom. The predicted molar refractivity (Wildman–Crippen MR) is 71.0 cm³/mol. The molecular formula is C13H13FN2OS. The highest BCUT2D eigenvalue weighted by Gasteiger charge is 2.10. The molecule has 3 N–H and O–H groups in total. The lowest BCUT2D eigenvalue weighted by molar-refractivity contribution is 0.0950. The van der Waals surface area contributed by atoms with Crippen molar-refractivity contribution in [2.75, 3.05) is 5.73 Å². The molecule has 0 aliphatic carbocycles. The van der Waals surface area contributed by atoms with Crippen LogP contribution in [0.5, 0.6) is 0 Å². The molecule has 0 saturated heterocycles. The summed E-state index contributed by atoms with van der Waals surface area (Å²) in [4.78, 5) is 11.8. The number of carbonyl (C=O) groups excluding carboxylic acids is 1. The Balaban J connectivity index is 2.09. The fourth-order valence-electron chi connectivity index (χ4n) is 1.51. The average molecular weight is 264 g/mol. The van der Waals surface area contributed by atoms with Crippen molar-refractivity contribution in [2.45, 2.75) is 13.5 Å². The molecule has 0 saturated carbocycles. The molecule has 0 spiro atoms. The van der Waals surface area contributed by atoms with E-state index in [1.807, 2.05) is 16.8 Å². The van der Waals surface area contributed by atoms with Crippen molar-refractivity contribution in [1.82, 2.24) is 5.32 Å². The van der Waals surface area contributed by atoms with Gasteiger partial charge in [0.25, 0.3) is 5.91 Å². The van der Waals surface area contributed by atoms with Crippen LogP contribution < -0.4 is 11.1 Å². The van der Waals surface area contributed by atoms with Gasteiger partial charge in [-0.15, -0.1) is 0 Å². The summed E-state index contributed by atoms with van der Waals surface area (Å²) in [6.07, 6.45) is 0. The number of amides is 1. The molecule has 1 amide bonds. The Labute approximate surface area is 108 Å². The van der Waals surface area contributed by atoms with Crippen LogP contribution in [0, 0.1) is 12.7 Å². The van der Waals surface area contributed by atoms with Crippen LogP contribution in [0.25, 0.3) is 0 Å². The van der Waals surface area contributed by atoms with Gasteiger partial charge in [-0.25, -0.2) is 4.39 Å². The SMILES string of the molecule is Cc1c(N)cc(C(=O)NCc2ccsc2)cc1F. The van der Waals surface area contributed by atoms with Gasteiger partial charge in [0.1, 0.15) is 5.82 Å². The average Bonchev–Trinajstić information content (AvgIpc) is 2.85. The van der Waals surface area contributed by atoms with Crippen molar-refractivity contribution in [3.63, 3.8) is 0 Å². The van der Waals surface area contributed by atoms with E-state index < -0.39 is 5.82 Å². The lowest BCUT2D eigenvalue weighted by atomic mass is 10.1. The van der Waals surface area contributed by atoms with Crippen LogP contribution in [-0.2, 0) is 6.54 Å². The number of carbonyl (C=O) groups is 1. The minimum atomic E-state index is -0.462. The van der Waals surface area contributed by atoms with Crippen LogP contribution >= 0.6 is 11.3 Å². The number of thiophene rings is 1. The highest BCUT2D eigenvalue weighted by molar-refractivity contribution is 7.07. The number of anilines is 1. The summed E-state index contributed by atoms with van der Waals surface area (Å²) in [6.45, 7) is 2.01. The van der Waals surface area contributed by atoms with Crippen molar-refractivity contribution in [1.29, 1.82) is 0 Å². The van der Waals surface area contributed by atoms with Crippen molar-refractivity contribution >= 4 is 22.9 Å². The van der Waals surface area contributed by atoms with E-state index in [1.54, 1.807) is 18.3 Å². The number of benzene rings is 1. The van der Waals surface area contributed by atoms with Crippen LogP contribution in [-0.4, -0.2) is 5.91 Å². The fraction of sp³-hybridized carbons (Fsp3) is 0.154. The summed E-state index contributed by atoms with van der Waals surface area (Å²) in [5.41, 5.74) is 7.55. The Bertz CT molecular complexity index is 543. The van der Waals surface area contributed by atoms with E-state index in [9.17, 15) is 9.18 Å². The molecule has 0 aliphatic heterocycles. The molecule has 0 radical (unpaired) electrons. The van der Waals surface area contributed by atoms with E-state index in [0.29, 0.717) is 12.1 Å². The summed E-state index contributed by atoms with van der Waals surface area (Å²) >= 11 is 1.56. The van der Waals surface area contributed by atoms with E-state index in [-0.39, 0.29) is 17.2 Å². The van der Waals surface area contributed by atoms with E-state index >= 15 is 0 Å². The quantitative estimate of drug-likeness (QED) is 0.837. The Hall–Kier alpha value is -1.88. The number of nitrogen functional groups attached to an aromatic ring is 1. The monoisotopic (exact) mass is 264 g/mol. The van der Waals surface area contributed by atoms with Crippen LogP contribution in [0.2, 0.25) is 0 Å². The molecular weight excluding hydrogens is 251 g/mol. The van der Waals surface area contributed by atoms with Gasteiger partial charge < -0.3 is 11.1 Å². The summed E-state index contributed by atoms with van der Waals surface area (Å²) in [6, 6.07) is 4.62. The third kappa shape index (κ3) is 2.68. The van der Waals surface area contributed by atoms with Crippen molar-refractivity contribution in [3.8, 4) is 0 Å². The molecule has 0 atom stereocenters. The van der Waals surface area contributed by atoms with E-state index in [4.69, 9.17) is 5.73 Å². The molecule has 2 aromatic rings. The molecule has 18 heavy (non-hydrogen) atoms. The highest BCUT2D eigenvalue weighted by atomic mass is 32.1. The first-order valence-corrected chi connectivity index (χ1v) is 6.37. The second-order valence-electron chi connectivity index (χ2n) is 3.99. The molecule has 5 heteroatoms. The molecule has 1 heterocycles. The number of nitrogens with one attached hydrogen (secondary N) is 1. The molecule has 2 rings (SSSR count). The third-order valence-electron chi connectivity index (χ3n) is 2.68. The Kier molecular flexibility index (Phi) is 3.62. The number of rotatable bonds is 3. The van der Waals surface area contributed by atoms with E-state index in [2.05, 4.69) is 5.32 Å². The summed E-state index contributed by atoms with van der Waals surface area (Å²) in [5, 5.41) is 6.61. The zero-order chi connectivity index (χ0) is 13.1. The Morgan fingerprint density at radius 3 is 2.89 bits per heavy atom. The molecule has 1 aromatic heterocycles. The fourth-order valence-corrected chi connectivity index (χ4v) is 2.18. The second-order valence-corrected chi connectivity index (χ2v) is 4.77. The maximum atomic E-state index is 13.5. The van der Waals surface area contributed by atoms with Crippen LogP contribution in [0.1, 0.15) is 21.5 Å². The summed E-state index contributed by atoms with van der Waals surface area (Å²) in [7, 11) is 0. The number of hydrogen-bond acceptors (Lipinski definition) is 3. The van der Waals surface area contributed by atoms with Gasteiger partial charge in [0.2, 0.25) is 0 Å². The number of halogens is 1. The van der Waals surface area contributed by atoms with Gasteiger partial charge >= 0.3 is 0 Å². The van der Waals surface area contributed by atoms with Gasteiger partial charge in [-0.1, -0.05) is 0 Å². The predicted octanol–water partition coefficient (Wildman–Crippen LogP) is 2.71. The lowest BCUT2D eigenvalue weighted by Gasteiger charge is -2.07. The summed E-state index contributed by atoms with van der Waals surface area (Å²) in [5.74, 6) is -0.789. The van der Waals surface area contributed by atoms with Crippen molar-refractivity contribution in [2.24, 2.45) is 0 Å². The number of nitrogens with two attached hydrogens (primary N) is 1. The zero-order valence-electron chi connectivity index (χ0n) is 9.87. The van der Waals surface area contributed by atoms with Crippen molar-refractivity contribution in [3.05, 3.63) is 51.5 Å². The van der Waals surface area contributed by atoms with Gasteiger partial charge in [-0.05, 0) is 41.4 Å². The molecule has 3 nitrogen and oxygen atoms in total.